The van der Waals surface area contributed by atoms with E-state index < -0.39 is 5.92 Å². The number of hydrogen-bond acceptors (Lipinski definition) is 1. The van der Waals surface area contributed by atoms with Crippen molar-refractivity contribution in [2.75, 3.05) is 13.6 Å². The molecule has 1 aromatic carbocycles. The Labute approximate surface area is 83.1 Å². The minimum atomic E-state index is -2.73. The Morgan fingerprint density at radius 2 is 1.79 bits per heavy atom. The molecule has 0 spiro atoms. The molecule has 0 bridgehead atoms. The largest absolute Gasteiger partial charge is 0.320 e. The van der Waals surface area contributed by atoms with Crippen molar-refractivity contribution in [3.8, 4) is 0 Å². The zero-order chi connectivity index (χ0) is 10.6. The van der Waals surface area contributed by atoms with Crippen molar-refractivity contribution >= 4 is 0 Å². The molecule has 0 aliphatic heterocycles. The van der Waals surface area contributed by atoms with E-state index in [2.05, 4.69) is 5.32 Å². The van der Waals surface area contributed by atoms with Crippen molar-refractivity contribution in [3.05, 3.63) is 35.4 Å². The van der Waals surface area contributed by atoms with E-state index in [4.69, 9.17) is 0 Å². The molecule has 0 aliphatic rings. The summed E-state index contributed by atoms with van der Waals surface area (Å²) in [6.45, 7) is 2.20. The van der Waals surface area contributed by atoms with Gasteiger partial charge in [0, 0.05) is 18.5 Å². The van der Waals surface area contributed by atoms with Crippen LogP contribution in [0.25, 0.3) is 0 Å². The van der Waals surface area contributed by atoms with Crippen LogP contribution in [0.1, 0.15) is 17.5 Å². The number of nitrogens with one attached hydrogen (secondary N) is 1. The SMILES string of the molecule is CNCCC(F)(F)c1ccc(C)cc1. The van der Waals surface area contributed by atoms with E-state index in [-0.39, 0.29) is 12.0 Å². The van der Waals surface area contributed by atoms with Crippen molar-refractivity contribution in [1.29, 1.82) is 0 Å². The average molecular weight is 199 g/mol. The summed E-state index contributed by atoms with van der Waals surface area (Å²) in [6.07, 6.45) is -0.160. The van der Waals surface area contributed by atoms with Gasteiger partial charge in [-0.3, -0.25) is 0 Å². The van der Waals surface area contributed by atoms with Gasteiger partial charge in [-0.25, -0.2) is 8.78 Å². The highest BCUT2D eigenvalue weighted by molar-refractivity contribution is 5.24. The van der Waals surface area contributed by atoms with Crippen molar-refractivity contribution in [1.82, 2.24) is 5.32 Å². The van der Waals surface area contributed by atoms with Crippen LogP contribution in [0, 0.1) is 6.92 Å². The van der Waals surface area contributed by atoms with Crippen LogP contribution >= 0.6 is 0 Å². The molecule has 0 radical (unpaired) electrons. The zero-order valence-corrected chi connectivity index (χ0v) is 8.48. The van der Waals surface area contributed by atoms with E-state index in [0.717, 1.165) is 5.56 Å². The second-order valence-corrected chi connectivity index (χ2v) is 3.42. The summed E-state index contributed by atoms with van der Waals surface area (Å²) >= 11 is 0. The Balaban J connectivity index is 2.75. The molecule has 0 saturated heterocycles. The first-order valence-corrected chi connectivity index (χ1v) is 4.66. The average Bonchev–Trinajstić information content (AvgIpc) is 2.16. The first-order chi connectivity index (χ1) is 6.56. The standard InChI is InChI=1S/C11H15F2N/c1-9-3-5-10(6-4-9)11(12,13)7-8-14-2/h3-6,14H,7-8H2,1-2H3. The van der Waals surface area contributed by atoms with E-state index in [9.17, 15) is 8.78 Å². The third-order valence-electron chi connectivity index (χ3n) is 2.16. The summed E-state index contributed by atoms with van der Waals surface area (Å²) in [7, 11) is 1.67. The number of aryl methyl sites for hydroxylation is 1. The maximum Gasteiger partial charge on any atom is 0.274 e. The molecular formula is C11H15F2N. The summed E-state index contributed by atoms with van der Waals surface area (Å²) in [6, 6.07) is 6.40. The summed E-state index contributed by atoms with van der Waals surface area (Å²) < 4.78 is 26.9. The molecule has 0 fully saturated rings. The van der Waals surface area contributed by atoms with Crippen molar-refractivity contribution in [2.45, 2.75) is 19.3 Å². The molecule has 0 atom stereocenters. The van der Waals surface area contributed by atoms with E-state index in [0.29, 0.717) is 6.54 Å². The van der Waals surface area contributed by atoms with E-state index >= 15 is 0 Å². The molecule has 0 amide bonds. The number of hydrogen-bond donors (Lipinski definition) is 1. The molecular weight excluding hydrogens is 184 g/mol. The quantitative estimate of drug-likeness (QED) is 0.786. The molecule has 1 aromatic rings. The van der Waals surface area contributed by atoms with Crippen LogP contribution in [-0.2, 0) is 5.92 Å². The molecule has 0 aliphatic carbocycles. The smallest absolute Gasteiger partial charge is 0.274 e. The van der Waals surface area contributed by atoms with Gasteiger partial charge >= 0.3 is 0 Å². The van der Waals surface area contributed by atoms with Crippen LogP contribution in [0.15, 0.2) is 24.3 Å². The fourth-order valence-corrected chi connectivity index (χ4v) is 1.22. The van der Waals surface area contributed by atoms with Crippen LogP contribution in [-0.4, -0.2) is 13.6 Å². The van der Waals surface area contributed by atoms with Gasteiger partial charge in [-0.15, -0.1) is 0 Å². The van der Waals surface area contributed by atoms with Crippen molar-refractivity contribution in [2.24, 2.45) is 0 Å². The summed E-state index contributed by atoms with van der Waals surface area (Å²) in [5.41, 5.74) is 1.09. The maximum atomic E-state index is 13.4. The lowest BCUT2D eigenvalue weighted by atomic mass is 10.0. The molecule has 14 heavy (non-hydrogen) atoms. The first kappa shape index (κ1) is 11.1. The number of halogens is 2. The van der Waals surface area contributed by atoms with Gasteiger partial charge in [0.25, 0.3) is 5.92 Å². The third kappa shape index (κ3) is 2.77. The molecule has 3 heteroatoms. The lowest BCUT2D eigenvalue weighted by Gasteiger charge is -2.16. The van der Waals surface area contributed by atoms with E-state index in [1.807, 2.05) is 6.92 Å². The minimum absolute atomic E-state index is 0.0957. The molecule has 78 valence electrons. The highest BCUT2D eigenvalue weighted by Crippen LogP contribution is 2.31. The monoisotopic (exact) mass is 199 g/mol. The normalized spacial score (nSPS) is 11.7. The Morgan fingerprint density at radius 1 is 1.21 bits per heavy atom. The van der Waals surface area contributed by atoms with Gasteiger partial charge in [0.1, 0.15) is 0 Å². The molecule has 0 aromatic heterocycles. The number of alkyl halides is 2. The van der Waals surface area contributed by atoms with Crippen LogP contribution < -0.4 is 5.32 Å². The number of rotatable bonds is 4. The van der Waals surface area contributed by atoms with E-state index in [1.165, 1.54) is 12.1 Å². The second-order valence-electron chi connectivity index (χ2n) is 3.42. The highest BCUT2D eigenvalue weighted by atomic mass is 19.3. The van der Waals surface area contributed by atoms with Gasteiger partial charge in [-0.1, -0.05) is 29.8 Å². The van der Waals surface area contributed by atoms with Gasteiger partial charge in [0.2, 0.25) is 0 Å². The van der Waals surface area contributed by atoms with Crippen LogP contribution in [0.3, 0.4) is 0 Å². The molecule has 0 saturated carbocycles. The van der Waals surface area contributed by atoms with Gasteiger partial charge in [0.15, 0.2) is 0 Å². The summed E-state index contributed by atoms with van der Waals surface area (Å²) in [5, 5.41) is 2.72. The summed E-state index contributed by atoms with van der Waals surface area (Å²) in [5.74, 6) is -2.73. The van der Waals surface area contributed by atoms with Gasteiger partial charge < -0.3 is 5.32 Å². The fraction of sp³-hybridized carbons (Fsp3) is 0.455. The van der Waals surface area contributed by atoms with Gasteiger partial charge in [-0.05, 0) is 14.0 Å². The predicted octanol–water partition coefficient (Wildman–Crippen LogP) is 2.70. The summed E-state index contributed by atoms with van der Waals surface area (Å²) in [4.78, 5) is 0. The fourth-order valence-electron chi connectivity index (χ4n) is 1.22. The minimum Gasteiger partial charge on any atom is -0.320 e. The first-order valence-electron chi connectivity index (χ1n) is 4.66. The molecule has 1 nitrogen and oxygen atoms in total. The Kier molecular flexibility index (Phi) is 3.58. The van der Waals surface area contributed by atoms with E-state index in [1.54, 1.807) is 19.2 Å². The van der Waals surface area contributed by atoms with Crippen LogP contribution in [0.4, 0.5) is 8.78 Å². The Morgan fingerprint density at radius 3 is 2.29 bits per heavy atom. The van der Waals surface area contributed by atoms with Gasteiger partial charge in [0.05, 0.1) is 0 Å². The zero-order valence-electron chi connectivity index (χ0n) is 8.48. The van der Waals surface area contributed by atoms with Crippen molar-refractivity contribution in [3.63, 3.8) is 0 Å². The molecule has 0 heterocycles. The lowest BCUT2D eigenvalue weighted by molar-refractivity contribution is -0.0123. The van der Waals surface area contributed by atoms with Crippen molar-refractivity contribution < 1.29 is 8.78 Å². The lowest BCUT2D eigenvalue weighted by Crippen LogP contribution is -2.20. The number of benzene rings is 1. The second kappa shape index (κ2) is 4.51. The third-order valence-corrected chi connectivity index (χ3v) is 2.16. The topological polar surface area (TPSA) is 12.0 Å². The van der Waals surface area contributed by atoms with Crippen LogP contribution in [0.5, 0.6) is 0 Å². The maximum absolute atomic E-state index is 13.4. The Hall–Kier alpha value is -0.960. The predicted molar refractivity (Wildman–Crippen MR) is 53.6 cm³/mol. The van der Waals surface area contributed by atoms with Gasteiger partial charge in [-0.2, -0.15) is 0 Å². The highest BCUT2D eigenvalue weighted by Gasteiger charge is 2.30. The molecule has 1 N–H and O–H groups in total. The molecule has 1 rings (SSSR count). The Bertz CT molecular complexity index is 280. The van der Waals surface area contributed by atoms with Crippen LogP contribution in [0.2, 0.25) is 0 Å². The molecule has 0 unspecified atom stereocenters.